The van der Waals surface area contributed by atoms with Gasteiger partial charge < -0.3 is 15.4 Å². The number of carbonyl (C=O) groups excluding carboxylic acids is 1. The molecular formula is C16H22N2O2. The monoisotopic (exact) mass is 274 g/mol. The Balaban J connectivity index is 1.95. The van der Waals surface area contributed by atoms with Crippen LogP contribution >= 0.6 is 0 Å². The van der Waals surface area contributed by atoms with Crippen molar-refractivity contribution in [3.63, 3.8) is 0 Å². The zero-order valence-corrected chi connectivity index (χ0v) is 12.1. The molecule has 1 aromatic rings. The number of hydrogen-bond donors (Lipinski definition) is 2. The summed E-state index contributed by atoms with van der Waals surface area (Å²) in [6.07, 6.45) is 4.45. The second-order valence-electron chi connectivity index (χ2n) is 5.98. The van der Waals surface area contributed by atoms with E-state index >= 15 is 0 Å². The minimum atomic E-state index is 0.0723. The Hall–Kier alpha value is -1.71. The number of anilines is 2. The van der Waals surface area contributed by atoms with Crippen LogP contribution in [0.1, 0.15) is 39.5 Å². The van der Waals surface area contributed by atoms with Crippen molar-refractivity contribution in [3.8, 4) is 5.75 Å². The number of ether oxygens (including phenoxy) is 1. The van der Waals surface area contributed by atoms with Crippen LogP contribution in [0.15, 0.2) is 18.2 Å². The van der Waals surface area contributed by atoms with Gasteiger partial charge in [0, 0.05) is 6.04 Å². The van der Waals surface area contributed by atoms with Gasteiger partial charge >= 0.3 is 0 Å². The van der Waals surface area contributed by atoms with Crippen LogP contribution in [-0.4, -0.2) is 18.1 Å². The molecule has 2 atom stereocenters. The lowest BCUT2D eigenvalue weighted by atomic mass is 9.84. The molecule has 4 heteroatoms. The van der Waals surface area contributed by atoms with Crippen molar-refractivity contribution in [2.75, 3.05) is 10.6 Å². The van der Waals surface area contributed by atoms with Crippen molar-refractivity contribution in [2.45, 2.75) is 51.7 Å². The maximum absolute atomic E-state index is 12.4. The Bertz CT molecular complexity index is 513. The quantitative estimate of drug-likeness (QED) is 0.869. The van der Waals surface area contributed by atoms with E-state index in [0.717, 1.165) is 36.4 Å². The van der Waals surface area contributed by atoms with Crippen LogP contribution in [0.4, 0.5) is 11.4 Å². The molecule has 1 heterocycles. The summed E-state index contributed by atoms with van der Waals surface area (Å²) in [6, 6.07) is 6.15. The molecule has 0 bridgehead atoms. The molecule has 108 valence electrons. The standard InChI is InChI=1S/C16H22N2O2/c1-10(2)20-14-9-5-8-13-15(14)18-16(19)11-6-3-4-7-12(11)17-13/h5,8-12,17H,3-4,6-7H2,1-2H3,(H,18,19). The van der Waals surface area contributed by atoms with Crippen molar-refractivity contribution in [1.29, 1.82) is 0 Å². The van der Waals surface area contributed by atoms with Gasteiger partial charge in [0.05, 0.1) is 17.7 Å². The first-order valence-corrected chi connectivity index (χ1v) is 7.52. The minimum absolute atomic E-state index is 0.0723. The summed E-state index contributed by atoms with van der Waals surface area (Å²) in [7, 11) is 0. The van der Waals surface area contributed by atoms with Gasteiger partial charge in [-0.2, -0.15) is 0 Å². The Morgan fingerprint density at radius 1 is 1.25 bits per heavy atom. The Morgan fingerprint density at radius 2 is 2.05 bits per heavy atom. The zero-order chi connectivity index (χ0) is 14.1. The lowest BCUT2D eigenvalue weighted by Crippen LogP contribution is -2.37. The van der Waals surface area contributed by atoms with Crippen molar-refractivity contribution >= 4 is 17.3 Å². The molecule has 0 radical (unpaired) electrons. The summed E-state index contributed by atoms with van der Waals surface area (Å²) >= 11 is 0. The molecule has 1 aliphatic carbocycles. The average Bonchev–Trinajstić information content (AvgIpc) is 2.56. The third-order valence-corrected chi connectivity index (χ3v) is 4.08. The Labute approximate surface area is 119 Å². The number of para-hydroxylation sites is 1. The van der Waals surface area contributed by atoms with Gasteiger partial charge in [-0.05, 0) is 38.8 Å². The van der Waals surface area contributed by atoms with Gasteiger partial charge in [-0.3, -0.25) is 4.79 Å². The highest BCUT2D eigenvalue weighted by Gasteiger charge is 2.34. The van der Waals surface area contributed by atoms with Crippen LogP contribution < -0.4 is 15.4 Å². The van der Waals surface area contributed by atoms with Crippen LogP contribution in [0.25, 0.3) is 0 Å². The van der Waals surface area contributed by atoms with Gasteiger partial charge in [-0.25, -0.2) is 0 Å². The van der Waals surface area contributed by atoms with E-state index in [4.69, 9.17) is 4.74 Å². The molecule has 0 spiro atoms. The largest absolute Gasteiger partial charge is 0.489 e. The molecular weight excluding hydrogens is 252 g/mol. The van der Waals surface area contributed by atoms with Crippen molar-refractivity contribution < 1.29 is 9.53 Å². The first kappa shape index (κ1) is 13.3. The summed E-state index contributed by atoms with van der Waals surface area (Å²) in [4.78, 5) is 12.4. The second-order valence-corrected chi connectivity index (χ2v) is 5.98. The SMILES string of the molecule is CC(C)Oc1cccc2c1NC(=O)C1CCCCC1N2. The second kappa shape index (κ2) is 5.35. The predicted octanol–water partition coefficient (Wildman–Crippen LogP) is 3.40. The third kappa shape index (κ3) is 2.47. The molecule has 0 saturated heterocycles. The highest BCUT2D eigenvalue weighted by Crippen LogP contribution is 2.39. The fraction of sp³-hybridized carbons (Fsp3) is 0.562. The Morgan fingerprint density at radius 3 is 2.85 bits per heavy atom. The van der Waals surface area contributed by atoms with Crippen LogP contribution in [0.5, 0.6) is 5.75 Å². The van der Waals surface area contributed by atoms with Gasteiger partial charge in [0.1, 0.15) is 11.4 Å². The zero-order valence-electron chi connectivity index (χ0n) is 12.1. The van der Waals surface area contributed by atoms with E-state index in [2.05, 4.69) is 10.6 Å². The highest BCUT2D eigenvalue weighted by molar-refractivity contribution is 6.00. The molecule has 0 aromatic heterocycles. The molecule has 2 aliphatic rings. The first-order valence-electron chi connectivity index (χ1n) is 7.52. The number of hydrogen-bond acceptors (Lipinski definition) is 3. The van der Waals surface area contributed by atoms with E-state index in [1.54, 1.807) is 0 Å². The number of amides is 1. The van der Waals surface area contributed by atoms with Gasteiger partial charge in [0.2, 0.25) is 5.91 Å². The van der Waals surface area contributed by atoms with E-state index in [-0.39, 0.29) is 24.0 Å². The molecule has 1 saturated carbocycles. The van der Waals surface area contributed by atoms with E-state index in [1.807, 2.05) is 32.0 Å². The number of fused-ring (bicyclic) bond motifs is 2. The minimum Gasteiger partial charge on any atom is -0.489 e. The summed E-state index contributed by atoms with van der Waals surface area (Å²) in [6.45, 7) is 3.98. The summed E-state index contributed by atoms with van der Waals surface area (Å²) in [5, 5.41) is 6.61. The molecule has 2 N–H and O–H groups in total. The van der Waals surface area contributed by atoms with Crippen LogP contribution in [0.2, 0.25) is 0 Å². The van der Waals surface area contributed by atoms with Crippen LogP contribution in [-0.2, 0) is 4.79 Å². The topological polar surface area (TPSA) is 50.4 Å². The number of benzene rings is 1. The smallest absolute Gasteiger partial charge is 0.229 e. The van der Waals surface area contributed by atoms with Gasteiger partial charge in [-0.1, -0.05) is 18.9 Å². The normalized spacial score (nSPS) is 25.1. The van der Waals surface area contributed by atoms with E-state index in [9.17, 15) is 4.79 Å². The summed E-state index contributed by atoms with van der Waals surface area (Å²) in [5.74, 6) is 0.945. The van der Waals surface area contributed by atoms with Crippen LogP contribution in [0.3, 0.4) is 0 Å². The van der Waals surface area contributed by atoms with E-state index in [0.29, 0.717) is 0 Å². The van der Waals surface area contributed by atoms with Crippen molar-refractivity contribution in [2.24, 2.45) is 5.92 Å². The van der Waals surface area contributed by atoms with Crippen molar-refractivity contribution in [1.82, 2.24) is 0 Å². The molecule has 1 aromatic carbocycles. The maximum atomic E-state index is 12.4. The highest BCUT2D eigenvalue weighted by atomic mass is 16.5. The Kier molecular flexibility index (Phi) is 3.55. The van der Waals surface area contributed by atoms with E-state index in [1.165, 1.54) is 6.42 Å². The lowest BCUT2D eigenvalue weighted by molar-refractivity contribution is -0.120. The molecule has 1 fully saturated rings. The lowest BCUT2D eigenvalue weighted by Gasteiger charge is -2.29. The van der Waals surface area contributed by atoms with Gasteiger partial charge in [0.25, 0.3) is 0 Å². The molecule has 1 aliphatic heterocycles. The van der Waals surface area contributed by atoms with Gasteiger partial charge in [0.15, 0.2) is 0 Å². The fourth-order valence-corrected chi connectivity index (χ4v) is 3.17. The molecule has 4 nitrogen and oxygen atoms in total. The summed E-state index contributed by atoms with van der Waals surface area (Å²) in [5.41, 5.74) is 1.77. The summed E-state index contributed by atoms with van der Waals surface area (Å²) < 4.78 is 5.82. The average molecular weight is 274 g/mol. The van der Waals surface area contributed by atoms with Crippen molar-refractivity contribution in [3.05, 3.63) is 18.2 Å². The number of nitrogens with one attached hydrogen (secondary N) is 2. The molecule has 1 amide bonds. The van der Waals surface area contributed by atoms with Crippen LogP contribution in [0, 0.1) is 5.92 Å². The third-order valence-electron chi connectivity index (χ3n) is 4.08. The number of rotatable bonds is 2. The first-order chi connectivity index (χ1) is 9.65. The number of carbonyl (C=O) groups is 1. The van der Waals surface area contributed by atoms with E-state index < -0.39 is 0 Å². The molecule has 3 rings (SSSR count). The maximum Gasteiger partial charge on any atom is 0.229 e. The predicted molar refractivity (Wildman–Crippen MR) is 80.2 cm³/mol. The fourth-order valence-electron chi connectivity index (χ4n) is 3.17. The molecule has 2 unspecified atom stereocenters. The molecule has 20 heavy (non-hydrogen) atoms. The van der Waals surface area contributed by atoms with Gasteiger partial charge in [-0.15, -0.1) is 0 Å².